The lowest BCUT2D eigenvalue weighted by atomic mass is 10.2. The molecule has 0 saturated carbocycles. The first-order valence-corrected chi connectivity index (χ1v) is 8.97. The van der Waals surface area contributed by atoms with Gasteiger partial charge in [-0.2, -0.15) is 4.98 Å². The van der Waals surface area contributed by atoms with Crippen LogP contribution in [0.1, 0.15) is 21.9 Å². The number of benzene rings is 1. The summed E-state index contributed by atoms with van der Waals surface area (Å²) in [6.07, 6.45) is 3.94. The summed E-state index contributed by atoms with van der Waals surface area (Å²) in [6, 6.07) is 17.1. The minimum atomic E-state index is -0.338. The van der Waals surface area contributed by atoms with Gasteiger partial charge in [-0.15, -0.1) is 5.10 Å². The fourth-order valence-corrected chi connectivity index (χ4v) is 2.84. The van der Waals surface area contributed by atoms with Gasteiger partial charge in [0.05, 0.1) is 12.0 Å². The minimum Gasteiger partial charge on any atom is -0.461 e. The van der Waals surface area contributed by atoms with Gasteiger partial charge in [0.15, 0.2) is 11.6 Å². The number of aromatic nitrogens is 4. The summed E-state index contributed by atoms with van der Waals surface area (Å²) in [5.41, 5.74) is 2.81. The normalized spacial score (nSPS) is 10.8. The molecule has 7 nitrogen and oxygen atoms in total. The SMILES string of the molecule is Cc1cccc(-n2nc(C(=O)NCCc3ccccn3)nc2-c2ccco2)c1. The highest BCUT2D eigenvalue weighted by Crippen LogP contribution is 2.22. The molecule has 3 heterocycles. The van der Waals surface area contributed by atoms with Crippen molar-refractivity contribution in [1.82, 2.24) is 25.1 Å². The molecule has 0 aliphatic carbocycles. The molecule has 7 heteroatoms. The van der Waals surface area contributed by atoms with Gasteiger partial charge in [0.1, 0.15) is 0 Å². The van der Waals surface area contributed by atoms with E-state index in [-0.39, 0.29) is 11.7 Å². The number of carbonyl (C=O) groups excluding carboxylic acids is 1. The summed E-state index contributed by atoms with van der Waals surface area (Å²) in [5, 5.41) is 7.27. The second kappa shape index (κ2) is 7.87. The van der Waals surface area contributed by atoms with E-state index in [0.29, 0.717) is 24.6 Å². The van der Waals surface area contributed by atoms with Crippen LogP contribution >= 0.6 is 0 Å². The van der Waals surface area contributed by atoms with Gasteiger partial charge in [-0.1, -0.05) is 18.2 Å². The maximum atomic E-state index is 12.6. The number of hydrogen-bond donors (Lipinski definition) is 1. The van der Waals surface area contributed by atoms with E-state index in [1.54, 1.807) is 29.3 Å². The summed E-state index contributed by atoms with van der Waals surface area (Å²) < 4.78 is 7.11. The molecule has 0 saturated heterocycles. The fourth-order valence-electron chi connectivity index (χ4n) is 2.84. The van der Waals surface area contributed by atoms with Crippen LogP contribution in [0.5, 0.6) is 0 Å². The van der Waals surface area contributed by atoms with Crippen LogP contribution in [0.4, 0.5) is 0 Å². The molecule has 0 bridgehead atoms. The number of amides is 1. The fraction of sp³-hybridized carbons (Fsp3) is 0.143. The van der Waals surface area contributed by atoms with Gasteiger partial charge < -0.3 is 9.73 Å². The van der Waals surface area contributed by atoms with Crippen molar-refractivity contribution in [2.45, 2.75) is 13.3 Å². The van der Waals surface area contributed by atoms with Gasteiger partial charge in [-0.05, 0) is 48.9 Å². The number of furan rings is 1. The maximum Gasteiger partial charge on any atom is 0.291 e. The predicted octanol–water partition coefficient (Wildman–Crippen LogP) is 3.20. The predicted molar refractivity (Wildman–Crippen MR) is 104 cm³/mol. The number of nitrogens with zero attached hydrogens (tertiary/aromatic N) is 4. The number of aryl methyl sites for hydroxylation is 1. The quantitative estimate of drug-likeness (QED) is 0.561. The van der Waals surface area contributed by atoms with E-state index in [1.807, 2.05) is 49.4 Å². The van der Waals surface area contributed by atoms with Crippen molar-refractivity contribution in [2.24, 2.45) is 0 Å². The zero-order valence-electron chi connectivity index (χ0n) is 15.4. The van der Waals surface area contributed by atoms with Crippen molar-refractivity contribution in [3.8, 4) is 17.3 Å². The Morgan fingerprint density at radius 3 is 2.82 bits per heavy atom. The van der Waals surface area contributed by atoms with Gasteiger partial charge in [0.25, 0.3) is 5.91 Å². The molecule has 4 aromatic rings. The molecule has 140 valence electrons. The van der Waals surface area contributed by atoms with Crippen LogP contribution in [0.25, 0.3) is 17.3 Å². The summed E-state index contributed by atoms with van der Waals surface area (Å²) in [4.78, 5) is 21.2. The Bertz CT molecular complexity index is 1070. The van der Waals surface area contributed by atoms with Crippen LogP contribution in [0, 0.1) is 6.92 Å². The van der Waals surface area contributed by atoms with E-state index in [4.69, 9.17) is 4.42 Å². The summed E-state index contributed by atoms with van der Waals surface area (Å²) >= 11 is 0. The molecule has 28 heavy (non-hydrogen) atoms. The van der Waals surface area contributed by atoms with Gasteiger partial charge >= 0.3 is 0 Å². The van der Waals surface area contributed by atoms with E-state index < -0.39 is 0 Å². The van der Waals surface area contributed by atoms with Crippen LogP contribution < -0.4 is 5.32 Å². The second-order valence-electron chi connectivity index (χ2n) is 6.31. The number of hydrogen-bond acceptors (Lipinski definition) is 5. The Balaban J connectivity index is 1.57. The molecular weight excluding hydrogens is 354 g/mol. The number of nitrogens with one attached hydrogen (secondary N) is 1. The number of carbonyl (C=O) groups is 1. The van der Waals surface area contributed by atoms with Gasteiger partial charge in [0, 0.05) is 24.9 Å². The summed E-state index contributed by atoms with van der Waals surface area (Å²) in [6.45, 7) is 2.45. The minimum absolute atomic E-state index is 0.0916. The zero-order chi connectivity index (χ0) is 19.3. The highest BCUT2D eigenvalue weighted by Gasteiger charge is 2.20. The summed E-state index contributed by atoms with van der Waals surface area (Å²) in [7, 11) is 0. The lowest BCUT2D eigenvalue weighted by Crippen LogP contribution is -2.27. The first-order chi connectivity index (χ1) is 13.7. The molecular formula is C21H19N5O2. The van der Waals surface area contributed by atoms with Gasteiger partial charge in [-0.3, -0.25) is 9.78 Å². The van der Waals surface area contributed by atoms with Crippen molar-refractivity contribution in [1.29, 1.82) is 0 Å². The Hall–Kier alpha value is -3.74. The smallest absolute Gasteiger partial charge is 0.291 e. The average molecular weight is 373 g/mol. The third-order valence-electron chi connectivity index (χ3n) is 4.19. The Labute approximate surface area is 162 Å². The van der Waals surface area contributed by atoms with Crippen LogP contribution in [0.15, 0.2) is 71.5 Å². The molecule has 0 radical (unpaired) electrons. The van der Waals surface area contributed by atoms with Crippen molar-refractivity contribution < 1.29 is 9.21 Å². The number of pyridine rings is 1. The van der Waals surface area contributed by atoms with Crippen LogP contribution in [0.2, 0.25) is 0 Å². The van der Waals surface area contributed by atoms with Gasteiger partial charge in [0.2, 0.25) is 5.82 Å². The standard InChI is InChI=1S/C21H19N5O2/c1-15-6-4-8-17(14-15)26-20(18-9-5-13-28-18)24-19(25-26)21(27)23-12-10-16-7-2-3-11-22-16/h2-9,11,13-14H,10,12H2,1H3,(H,23,27). The first-order valence-electron chi connectivity index (χ1n) is 8.97. The zero-order valence-corrected chi connectivity index (χ0v) is 15.4. The Morgan fingerprint density at radius 1 is 1.14 bits per heavy atom. The molecule has 0 aliphatic rings. The molecule has 0 fully saturated rings. The molecule has 1 N–H and O–H groups in total. The van der Waals surface area contributed by atoms with Crippen LogP contribution in [0.3, 0.4) is 0 Å². The lowest BCUT2D eigenvalue weighted by molar-refractivity contribution is 0.0944. The van der Waals surface area contributed by atoms with Crippen molar-refractivity contribution in [2.75, 3.05) is 6.54 Å². The third kappa shape index (κ3) is 3.83. The monoisotopic (exact) mass is 373 g/mol. The molecule has 0 spiro atoms. The highest BCUT2D eigenvalue weighted by molar-refractivity contribution is 5.90. The molecule has 3 aromatic heterocycles. The molecule has 1 amide bonds. The molecule has 4 rings (SSSR count). The summed E-state index contributed by atoms with van der Waals surface area (Å²) in [5.74, 6) is 0.774. The van der Waals surface area contributed by atoms with Gasteiger partial charge in [-0.25, -0.2) is 4.68 Å². The van der Waals surface area contributed by atoms with Crippen molar-refractivity contribution >= 4 is 5.91 Å². The average Bonchev–Trinajstić information content (AvgIpc) is 3.38. The topological polar surface area (TPSA) is 85.8 Å². The second-order valence-corrected chi connectivity index (χ2v) is 6.31. The largest absolute Gasteiger partial charge is 0.461 e. The van der Waals surface area contributed by atoms with E-state index in [9.17, 15) is 4.79 Å². The third-order valence-corrected chi connectivity index (χ3v) is 4.19. The molecule has 0 aliphatic heterocycles. The van der Waals surface area contributed by atoms with Crippen LogP contribution in [-0.2, 0) is 6.42 Å². The Morgan fingerprint density at radius 2 is 2.07 bits per heavy atom. The maximum absolute atomic E-state index is 12.6. The number of rotatable bonds is 6. The lowest BCUT2D eigenvalue weighted by Gasteiger charge is -2.04. The van der Waals surface area contributed by atoms with E-state index in [0.717, 1.165) is 16.9 Å². The molecule has 0 atom stereocenters. The first kappa shape index (κ1) is 17.7. The Kier molecular flexibility index (Phi) is 4.97. The van der Waals surface area contributed by atoms with Crippen LogP contribution in [-0.4, -0.2) is 32.2 Å². The highest BCUT2D eigenvalue weighted by atomic mass is 16.3. The van der Waals surface area contributed by atoms with E-state index >= 15 is 0 Å². The van der Waals surface area contributed by atoms with E-state index in [1.165, 1.54) is 0 Å². The van der Waals surface area contributed by atoms with E-state index in [2.05, 4.69) is 20.4 Å². The van der Waals surface area contributed by atoms with Crippen molar-refractivity contribution in [3.05, 3.63) is 84.1 Å². The molecule has 1 aromatic carbocycles. The van der Waals surface area contributed by atoms with Crippen molar-refractivity contribution in [3.63, 3.8) is 0 Å². The molecule has 0 unspecified atom stereocenters.